The van der Waals surface area contributed by atoms with Crippen molar-refractivity contribution in [2.45, 2.75) is 6.92 Å². The van der Waals surface area contributed by atoms with Gasteiger partial charge in [0.2, 0.25) is 5.88 Å². The SMILES string of the molecule is COc1ncnc(Nc2cc(F)ccc2C)c1N. The van der Waals surface area contributed by atoms with Crippen LogP contribution in [0.2, 0.25) is 0 Å². The summed E-state index contributed by atoms with van der Waals surface area (Å²) in [7, 11) is 1.47. The summed E-state index contributed by atoms with van der Waals surface area (Å²) in [6.07, 6.45) is 1.33. The highest BCUT2D eigenvalue weighted by molar-refractivity contribution is 5.73. The van der Waals surface area contributed by atoms with Crippen LogP contribution >= 0.6 is 0 Å². The van der Waals surface area contributed by atoms with Crippen LogP contribution in [0.4, 0.5) is 21.6 Å². The van der Waals surface area contributed by atoms with Crippen LogP contribution in [0.25, 0.3) is 0 Å². The number of halogens is 1. The van der Waals surface area contributed by atoms with Crippen molar-refractivity contribution in [3.8, 4) is 5.88 Å². The van der Waals surface area contributed by atoms with E-state index in [1.54, 1.807) is 6.07 Å². The van der Waals surface area contributed by atoms with Gasteiger partial charge in [0.05, 0.1) is 7.11 Å². The summed E-state index contributed by atoms with van der Waals surface area (Å²) in [5, 5.41) is 2.96. The molecule has 1 aromatic carbocycles. The Bertz CT molecular complexity index is 574. The molecule has 3 N–H and O–H groups in total. The minimum Gasteiger partial charge on any atom is -0.479 e. The van der Waals surface area contributed by atoms with Crippen molar-refractivity contribution in [1.82, 2.24) is 9.97 Å². The van der Waals surface area contributed by atoms with Crippen molar-refractivity contribution in [2.75, 3.05) is 18.2 Å². The van der Waals surface area contributed by atoms with Gasteiger partial charge in [-0.25, -0.2) is 9.37 Å². The van der Waals surface area contributed by atoms with Gasteiger partial charge in [0.1, 0.15) is 17.8 Å². The first-order valence-electron chi connectivity index (χ1n) is 5.29. The van der Waals surface area contributed by atoms with Gasteiger partial charge in [0.15, 0.2) is 5.82 Å². The van der Waals surface area contributed by atoms with E-state index in [1.807, 2.05) is 6.92 Å². The molecule has 0 atom stereocenters. The van der Waals surface area contributed by atoms with Crippen LogP contribution in [-0.4, -0.2) is 17.1 Å². The number of hydrogen-bond acceptors (Lipinski definition) is 5. The van der Waals surface area contributed by atoms with Crippen LogP contribution < -0.4 is 15.8 Å². The topological polar surface area (TPSA) is 73.1 Å². The quantitative estimate of drug-likeness (QED) is 0.871. The molecule has 0 unspecified atom stereocenters. The highest BCUT2D eigenvalue weighted by atomic mass is 19.1. The van der Waals surface area contributed by atoms with Gasteiger partial charge in [0.25, 0.3) is 0 Å². The Morgan fingerprint density at radius 3 is 2.83 bits per heavy atom. The Balaban J connectivity index is 2.37. The van der Waals surface area contributed by atoms with Crippen LogP contribution in [0.3, 0.4) is 0 Å². The van der Waals surface area contributed by atoms with Crippen molar-refractivity contribution in [3.63, 3.8) is 0 Å². The molecular formula is C12H13FN4O. The molecule has 1 heterocycles. The summed E-state index contributed by atoms with van der Waals surface area (Å²) in [6.45, 7) is 1.86. The molecule has 0 aliphatic rings. The zero-order chi connectivity index (χ0) is 13.1. The van der Waals surface area contributed by atoms with Crippen LogP contribution in [0.5, 0.6) is 5.88 Å². The minimum absolute atomic E-state index is 0.279. The third kappa shape index (κ3) is 2.32. The molecule has 0 amide bonds. The smallest absolute Gasteiger partial charge is 0.242 e. The molecule has 0 aliphatic carbocycles. The summed E-state index contributed by atoms with van der Waals surface area (Å²) in [6, 6.07) is 4.44. The van der Waals surface area contributed by atoms with Crippen molar-refractivity contribution in [1.29, 1.82) is 0 Å². The van der Waals surface area contributed by atoms with E-state index in [-0.39, 0.29) is 17.4 Å². The molecule has 2 aromatic rings. The molecule has 18 heavy (non-hydrogen) atoms. The lowest BCUT2D eigenvalue weighted by molar-refractivity contribution is 0.399. The van der Waals surface area contributed by atoms with Gasteiger partial charge in [-0.15, -0.1) is 0 Å². The maximum Gasteiger partial charge on any atom is 0.242 e. The molecule has 0 saturated carbocycles. The highest BCUT2D eigenvalue weighted by Crippen LogP contribution is 2.28. The van der Waals surface area contributed by atoms with Gasteiger partial charge in [0, 0.05) is 5.69 Å². The molecule has 0 spiro atoms. The van der Waals surface area contributed by atoms with E-state index in [1.165, 1.54) is 25.6 Å². The molecule has 94 valence electrons. The summed E-state index contributed by atoms with van der Waals surface area (Å²) < 4.78 is 18.2. The van der Waals surface area contributed by atoms with E-state index in [0.29, 0.717) is 11.5 Å². The number of benzene rings is 1. The number of hydrogen-bond donors (Lipinski definition) is 2. The fourth-order valence-electron chi connectivity index (χ4n) is 1.50. The third-order valence-electron chi connectivity index (χ3n) is 2.49. The molecule has 1 aromatic heterocycles. The second-order valence-corrected chi connectivity index (χ2v) is 3.73. The van der Waals surface area contributed by atoms with Gasteiger partial charge in [-0.2, -0.15) is 4.98 Å². The monoisotopic (exact) mass is 248 g/mol. The molecule has 0 radical (unpaired) electrons. The van der Waals surface area contributed by atoms with E-state index in [2.05, 4.69) is 15.3 Å². The van der Waals surface area contributed by atoms with Gasteiger partial charge in [-0.1, -0.05) is 6.07 Å². The van der Waals surface area contributed by atoms with Gasteiger partial charge < -0.3 is 15.8 Å². The van der Waals surface area contributed by atoms with E-state index in [0.717, 1.165) is 5.56 Å². The first-order chi connectivity index (χ1) is 8.61. The third-order valence-corrected chi connectivity index (χ3v) is 2.49. The molecule has 0 saturated heterocycles. The van der Waals surface area contributed by atoms with E-state index in [4.69, 9.17) is 10.5 Å². The summed E-state index contributed by atoms with van der Waals surface area (Å²) in [5.41, 5.74) is 7.59. The summed E-state index contributed by atoms with van der Waals surface area (Å²) in [5.74, 6) is 0.333. The number of methoxy groups -OCH3 is 1. The zero-order valence-electron chi connectivity index (χ0n) is 10.1. The number of nitrogens with two attached hydrogens (primary N) is 1. The molecule has 0 aliphatic heterocycles. The fraction of sp³-hybridized carbons (Fsp3) is 0.167. The van der Waals surface area contributed by atoms with Crippen molar-refractivity contribution in [2.24, 2.45) is 0 Å². The number of anilines is 3. The Labute approximate surface area is 104 Å². The van der Waals surface area contributed by atoms with Gasteiger partial charge in [-0.3, -0.25) is 0 Å². The molecule has 2 rings (SSSR count). The van der Waals surface area contributed by atoms with E-state index >= 15 is 0 Å². The second kappa shape index (κ2) is 4.87. The normalized spacial score (nSPS) is 10.2. The van der Waals surface area contributed by atoms with Crippen LogP contribution in [0.1, 0.15) is 5.56 Å². The van der Waals surface area contributed by atoms with Crippen LogP contribution in [0, 0.1) is 12.7 Å². The number of nitrogens with one attached hydrogen (secondary N) is 1. The minimum atomic E-state index is -0.331. The average Bonchev–Trinajstić information content (AvgIpc) is 2.36. The Kier molecular flexibility index (Phi) is 3.27. The predicted molar refractivity (Wildman–Crippen MR) is 67.4 cm³/mol. The Hall–Kier alpha value is -2.37. The Morgan fingerprint density at radius 1 is 1.33 bits per heavy atom. The zero-order valence-corrected chi connectivity index (χ0v) is 10.1. The van der Waals surface area contributed by atoms with Crippen molar-refractivity contribution < 1.29 is 9.13 Å². The average molecular weight is 248 g/mol. The molecule has 6 heteroatoms. The van der Waals surface area contributed by atoms with Crippen molar-refractivity contribution in [3.05, 3.63) is 35.9 Å². The number of nitrogen functional groups attached to an aromatic ring is 1. The van der Waals surface area contributed by atoms with Crippen LogP contribution in [0.15, 0.2) is 24.5 Å². The lowest BCUT2D eigenvalue weighted by atomic mass is 10.2. The van der Waals surface area contributed by atoms with Crippen molar-refractivity contribution >= 4 is 17.2 Å². The van der Waals surface area contributed by atoms with E-state index < -0.39 is 0 Å². The summed E-state index contributed by atoms with van der Waals surface area (Å²) in [4.78, 5) is 7.87. The van der Waals surface area contributed by atoms with Gasteiger partial charge >= 0.3 is 0 Å². The van der Waals surface area contributed by atoms with Crippen LogP contribution in [-0.2, 0) is 0 Å². The maximum atomic E-state index is 13.2. The number of ether oxygens (including phenoxy) is 1. The molecular weight excluding hydrogens is 235 g/mol. The highest BCUT2D eigenvalue weighted by Gasteiger charge is 2.09. The van der Waals surface area contributed by atoms with E-state index in [9.17, 15) is 4.39 Å². The fourth-order valence-corrected chi connectivity index (χ4v) is 1.50. The number of aryl methyl sites for hydroxylation is 1. The molecule has 0 bridgehead atoms. The lowest BCUT2D eigenvalue weighted by Crippen LogP contribution is -2.04. The maximum absolute atomic E-state index is 13.2. The lowest BCUT2D eigenvalue weighted by Gasteiger charge is -2.12. The number of aromatic nitrogens is 2. The molecule has 5 nitrogen and oxygen atoms in total. The second-order valence-electron chi connectivity index (χ2n) is 3.73. The first-order valence-corrected chi connectivity index (χ1v) is 5.29. The number of nitrogens with zero attached hydrogens (tertiary/aromatic N) is 2. The van der Waals surface area contributed by atoms with Gasteiger partial charge in [-0.05, 0) is 24.6 Å². The molecule has 0 fully saturated rings. The standard InChI is InChI=1S/C12H13FN4O/c1-7-3-4-8(13)5-9(7)17-11-10(14)12(18-2)16-6-15-11/h3-6H,14H2,1-2H3,(H,15,16,17). The number of rotatable bonds is 3. The first kappa shape index (κ1) is 12.1. The summed E-state index contributed by atoms with van der Waals surface area (Å²) >= 11 is 0. The largest absolute Gasteiger partial charge is 0.479 e. The Morgan fingerprint density at radius 2 is 2.11 bits per heavy atom. The predicted octanol–water partition coefficient (Wildman–Crippen LogP) is 2.26.